The van der Waals surface area contributed by atoms with E-state index in [0.29, 0.717) is 41.2 Å². The number of piperidine rings is 1. The van der Waals surface area contributed by atoms with Gasteiger partial charge in [-0.25, -0.2) is 0 Å². The van der Waals surface area contributed by atoms with Gasteiger partial charge in [-0.15, -0.1) is 0 Å². The number of carbonyl (C=O) groups excluding carboxylic acids is 4. The second-order valence-electron chi connectivity index (χ2n) is 9.98. The Bertz CT molecular complexity index is 1030. The van der Waals surface area contributed by atoms with Gasteiger partial charge in [0.25, 0.3) is 17.7 Å². The van der Waals surface area contributed by atoms with Crippen LogP contribution in [0, 0.1) is 18.3 Å². The molecule has 0 aliphatic carbocycles. The lowest BCUT2D eigenvalue weighted by Crippen LogP contribution is -2.56. The van der Waals surface area contributed by atoms with Gasteiger partial charge in [0.1, 0.15) is 6.04 Å². The van der Waals surface area contributed by atoms with Crippen molar-refractivity contribution in [3.05, 3.63) is 34.9 Å². The first-order valence-corrected chi connectivity index (χ1v) is 12.4. The highest BCUT2D eigenvalue weighted by atomic mass is 16.2. The summed E-state index contributed by atoms with van der Waals surface area (Å²) in [6, 6.07) is 4.23. The van der Waals surface area contributed by atoms with Gasteiger partial charge in [-0.2, -0.15) is 0 Å². The van der Waals surface area contributed by atoms with E-state index in [1.807, 2.05) is 0 Å². The normalized spacial score (nSPS) is 22.2. The van der Waals surface area contributed by atoms with Crippen molar-refractivity contribution in [1.29, 1.82) is 5.41 Å². The first-order valence-electron chi connectivity index (χ1n) is 12.4. The lowest BCUT2D eigenvalue weighted by atomic mass is 9.94. The van der Waals surface area contributed by atoms with Gasteiger partial charge >= 0.3 is 0 Å². The molecule has 0 bridgehead atoms. The van der Waals surface area contributed by atoms with Crippen LogP contribution in [0.15, 0.2) is 18.2 Å². The maximum absolute atomic E-state index is 13.3. The van der Waals surface area contributed by atoms with Crippen LogP contribution in [0.5, 0.6) is 0 Å². The molecule has 3 heterocycles. The fourth-order valence-electron chi connectivity index (χ4n) is 5.69. The summed E-state index contributed by atoms with van der Waals surface area (Å²) in [6.45, 7) is 8.25. The van der Waals surface area contributed by atoms with Crippen molar-refractivity contribution in [1.82, 2.24) is 14.7 Å². The molecule has 1 N–H and O–H groups in total. The molecule has 2 atom stereocenters. The first-order chi connectivity index (χ1) is 16.2. The lowest BCUT2D eigenvalue weighted by molar-refractivity contribution is -0.151. The highest BCUT2D eigenvalue weighted by Gasteiger charge is 2.47. The van der Waals surface area contributed by atoms with E-state index in [-0.39, 0.29) is 31.3 Å². The number of rotatable bonds is 8. The van der Waals surface area contributed by atoms with Gasteiger partial charge < -0.3 is 5.41 Å². The molecule has 0 aromatic heterocycles. The quantitative estimate of drug-likeness (QED) is 0.469. The second kappa shape index (κ2) is 9.78. The molecule has 0 spiro atoms. The zero-order valence-corrected chi connectivity index (χ0v) is 20.3. The summed E-state index contributed by atoms with van der Waals surface area (Å²) in [5.41, 5.74) is 2.00. The van der Waals surface area contributed by atoms with Crippen LogP contribution in [-0.4, -0.2) is 75.8 Å². The summed E-state index contributed by atoms with van der Waals surface area (Å²) >= 11 is 0. The number of nitrogens with one attached hydrogen (secondary N) is 1. The summed E-state index contributed by atoms with van der Waals surface area (Å²) in [7, 11) is 0. The van der Waals surface area contributed by atoms with Gasteiger partial charge in [-0.05, 0) is 69.7 Å². The minimum absolute atomic E-state index is 0.0876. The number of carbonyl (C=O) groups is 4. The van der Waals surface area contributed by atoms with Gasteiger partial charge in [-0.1, -0.05) is 26.0 Å². The second-order valence-corrected chi connectivity index (χ2v) is 9.98. The van der Waals surface area contributed by atoms with E-state index in [1.165, 1.54) is 4.90 Å². The molecule has 1 aromatic carbocycles. The highest BCUT2D eigenvalue weighted by molar-refractivity contribution is 6.24. The van der Waals surface area contributed by atoms with Crippen LogP contribution in [0.3, 0.4) is 0 Å². The maximum atomic E-state index is 13.3. The zero-order valence-electron chi connectivity index (χ0n) is 20.3. The van der Waals surface area contributed by atoms with E-state index in [1.54, 1.807) is 25.1 Å². The van der Waals surface area contributed by atoms with E-state index in [9.17, 15) is 19.2 Å². The summed E-state index contributed by atoms with van der Waals surface area (Å²) in [6.07, 6.45) is 3.59. The van der Waals surface area contributed by atoms with E-state index in [2.05, 4.69) is 18.7 Å². The van der Waals surface area contributed by atoms with Crippen LogP contribution in [0.2, 0.25) is 0 Å². The number of benzene rings is 1. The van der Waals surface area contributed by atoms with Crippen LogP contribution >= 0.6 is 0 Å². The Hall–Kier alpha value is -2.87. The molecular formula is C26H34N4O4. The van der Waals surface area contributed by atoms with Crippen molar-refractivity contribution in [3.8, 4) is 0 Å². The summed E-state index contributed by atoms with van der Waals surface area (Å²) < 4.78 is 0. The Morgan fingerprint density at radius 2 is 1.79 bits per heavy atom. The third-order valence-corrected chi connectivity index (χ3v) is 7.30. The molecule has 4 amide bonds. The summed E-state index contributed by atoms with van der Waals surface area (Å²) in [5, 5.41) is 8.65. The predicted molar refractivity (Wildman–Crippen MR) is 128 cm³/mol. The van der Waals surface area contributed by atoms with Crippen molar-refractivity contribution < 1.29 is 19.2 Å². The van der Waals surface area contributed by atoms with Gasteiger partial charge in [0, 0.05) is 24.7 Å². The van der Waals surface area contributed by atoms with Gasteiger partial charge in [0.15, 0.2) is 0 Å². The maximum Gasteiger partial charge on any atom is 0.262 e. The predicted octanol–water partition coefficient (Wildman–Crippen LogP) is 3.03. The van der Waals surface area contributed by atoms with Gasteiger partial charge in [0.2, 0.25) is 5.91 Å². The Morgan fingerprint density at radius 1 is 1.09 bits per heavy atom. The van der Waals surface area contributed by atoms with E-state index >= 15 is 0 Å². The molecule has 0 radical (unpaired) electrons. The average molecular weight is 467 g/mol. The minimum atomic E-state index is -0.961. The first kappa shape index (κ1) is 24.3. The van der Waals surface area contributed by atoms with Crippen molar-refractivity contribution in [2.75, 3.05) is 19.6 Å². The number of likely N-dealkylation sites (tertiary alicyclic amines) is 2. The monoisotopic (exact) mass is 466 g/mol. The smallest absolute Gasteiger partial charge is 0.262 e. The molecule has 1 unspecified atom stereocenters. The van der Waals surface area contributed by atoms with Crippen molar-refractivity contribution >= 4 is 29.3 Å². The van der Waals surface area contributed by atoms with Gasteiger partial charge in [-0.3, -0.25) is 33.9 Å². The molecule has 0 saturated carbocycles. The average Bonchev–Trinajstić information content (AvgIpc) is 3.39. The SMILES string of the molecule is Cc1cccc2c1C(=O)N(C1CCC(=O)N(CCCC(=N)[C@H](C(C)C)N3CCCC3)C1=O)C2=O. The summed E-state index contributed by atoms with van der Waals surface area (Å²) in [4.78, 5) is 56.5. The molecule has 4 rings (SSSR count). The van der Waals surface area contributed by atoms with Crippen molar-refractivity contribution in [3.63, 3.8) is 0 Å². The van der Waals surface area contributed by atoms with Crippen LogP contribution < -0.4 is 0 Å². The standard InChI is InChI=1S/C26H34N4O4/c1-16(2)23(28-13-4-5-14-28)19(27)10-7-15-29-21(31)12-11-20(25(29)33)30-24(32)18-9-6-8-17(3)22(18)26(30)34/h6,8-9,16,20,23,27H,4-5,7,10-15H2,1-3H3/t20?,23-/m0/s1. The Balaban J connectivity index is 1.42. The number of fused-ring (bicyclic) bond motifs is 1. The molecule has 3 aliphatic heterocycles. The Morgan fingerprint density at radius 3 is 2.44 bits per heavy atom. The number of nitrogens with zero attached hydrogens (tertiary/aromatic N) is 3. The number of imide groups is 2. The van der Waals surface area contributed by atoms with Crippen LogP contribution in [-0.2, 0) is 9.59 Å². The van der Waals surface area contributed by atoms with Crippen molar-refractivity contribution in [2.24, 2.45) is 5.92 Å². The van der Waals surface area contributed by atoms with Crippen molar-refractivity contribution in [2.45, 2.75) is 71.4 Å². The minimum Gasteiger partial charge on any atom is -0.308 e. The molecule has 34 heavy (non-hydrogen) atoms. The topological polar surface area (TPSA) is 102 Å². The van der Waals surface area contributed by atoms with E-state index < -0.39 is 23.8 Å². The molecule has 182 valence electrons. The molecule has 2 fully saturated rings. The third-order valence-electron chi connectivity index (χ3n) is 7.30. The fraction of sp³-hybridized carbons (Fsp3) is 0.577. The summed E-state index contributed by atoms with van der Waals surface area (Å²) in [5.74, 6) is -1.37. The zero-order chi connectivity index (χ0) is 24.6. The van der Waals surface area contributed by atoms with E-state index in [4.69, 9.17) is 5.41 Å². The number of hydrogen-bond donors (Lipinski definition) is 1. The third kappa shape index (κ3) is 4.31. The Kier molecular flexibility index (Phi) is 6.98. The van der Waals surface area contributed by atoms with Gasteiger partial charge in [0.05, 0.1) is 11.1 Å². The molecule has 8 nitrogen and oxygen atoms in total. The number of amides is 4. The molecule has 2 saturated heterocycles. The van der Waals surface area contributed by atoms with Crippen LogP contribution in [0.25, 0.3) is 0 Å². The molecule has 1 aromatic rings. The lowest BCUT2D eigenvalue weighted by Gasteiger charge is -2.35. The molecule has 3 aliphatic rings. The molecule has 8 heteroatoms. The van der Waals surface area contributed by atoms with E-state index in [0.717, 1.165) is 30.8 Å². The van der Waals surface area contributed by atoms with Crippen LogP contribution in [0.1, 0.15) is 78.7 Å². The highest BCUT2D eigenvalue weighted by Crippen LogP contribution is 2.31. The Labute approximate surface area is 200 Å². The van der Waals surface area contributed by atoms with Crippen LogP contribution in [0.4, 0.5) is 0 Å². The molecular weight excluding hydrogens is 432 g/mol. The fourth-order valence-corrected chi connectivity index (χ4v) is 5.69. The largest absolute Gasteiger partial charge is 0.308 e. The number of aryl methyl sites for hydroxylation is 1. The number of hydrogen-bond acceptors (Lipinski definition) is 6.